The molecule has 0 atom stereocenters. The maximum atomic E-state index is 12.1. The van der Waals surface area contributed by atoms with Crippen LogP contribution in [0.5, 0.6) is 0 Å². The molecule has 0 aliphatic heterocycles. The van der Waals surface area contributed by atoms with E-state index in [-0.39, 0.29) is 5.97 Å². The molecule has 0 amide bonds. The van der Waals surface area contributed by atoms with Crippen LogP contribution < -0.4 is 0 Å². The molecule has 0 aliphatic carbocycles. The lowest BCUT2D eigenvalue weighted by molar-refractivity contribution is 0.0604. The third-order valence-electron chi connectivity index (χ3n) is 3.15. The van der Waals surface area contributed by atoms with Crippen molar-refractivity contribution in [3.8, 4) is 11.1 Å². The van der Waals surface area contributed by atoms with Gasteiger partial charge in [-0.3, -0.25) is 0 Å². The third kappa shape index (κ3) is 2.02. The first kappa shape index (κ1) is 11.9. The Morgan fingerprint density at radius 2 is 1.95 bits per heavy atom. The summed E-state index contributed by atoms with van der Waals surface area (Å²) in [6, 6.07) is 13.9. The maximum absolute atomic E-state index is 12.1. The summed E-state index contributed by atoms with van der Waals surface area (Å²) in [5.41, 5.74) is 2.61. The second-order valence-electron chi connectivity index (χ2n) is 4.21. The van der Waals surface area contributed by atoms with Crippen LogP contribution in [-0.4, -0.2) is 13.1 Å². The van der Waals surface area contributed by atoms with Gasteiger partial charge in [0.2, 0.25) is 0 Å². The Morgan fingerprint density at radius 3 is 2.68 bits per heavy atom. The summed E-state index contributed by atoms with van der Waals surface area (Å²) in [7, 11) is 1.42. The number of carbonyl (C=O) groups excluding carboxylic acids is 1. The van der Waals surface area contributed by atoms with Gasteiger partial charge < -0.3 is 4.74 Å². The van der Waals surface area contributed by atoms with Crippen molar-refractivity contribution in [1.29, 1.82) is 0 Å². The van der Waals surface area contributed by atoms with E-state index in [9.17, 15) is 4.79 Å². The number of methoxy groups -OCH3 is 1. The van der Waals surface area contributed by atoms with E-state index in [0.29, 0.717) is 5.56 Å². The van der Waals surface area contributed by atoms with Gasteiger partial charge in [-0.05, 0) is 38.7 Å². The second kappa shape index (κ2) is 4.86. The lowest BCUT2D eigenvalue weighted by atomic mass is 9.95. The van der Waals surface area contributed by atoms with Crippen LogP contribution in [0.15, 0.2) is 53.2 Å². The van der Waals surface area contributed by atoms with Gasteiger partial charge in [-0.25, -0.2) is 4.79 Å². The molecule has 0 saturated carbocycles. The summed E-state index contributed by atoms with van der Waals surface area (Å²) in [6.07, 6.45) is 0. The van der Waals surface area contributed by atoms with Crippen molar-refractivity contribution in [3.05, 3.63) is 58.8 Å². The highest BCUT2D eigenvalue weighted by atomic mass is 32.1. The lowest BCUT2D eigenvalue weighted by Gasteiger charge is -2.10. The van der Waals surface area contributed by atoms with Gasteiger partial charge in [0.25, 0.3) is 0 Å². The first-order valence-corrected chi connectivity index (χ1v) is 6.88. The predicted octanol–water partition coefficient (Wildman–Crippen LogP) is 4.35. The van der Waals surface area contributed by atoms with E-state index in [1.54, 1.807) is 11.3 Å². The summed E-state index contributed by atoms with van der Waals surface area (Å²) in [5.74, 6) is -0.294. The highest BCUT2D eigenvalue weighted by molar-refractivity contribution is 7.08. The quantitative estimate of drug-likeness (QED) is 0.646. The molecule has 0 N–H and O–H groups in total. The number of rotatable bonds is 2. The van der Waals surface area contributed by atoms with Crippen molar-refractivity contribution in [2.75, 3.05) is 7.11 Å². The van der Waals surface area contributed by atoms with Gasteiger partial charge in [0.15, 0.2) is 0 Å². The molecule has 94 valence electrons. The van der Waals surface area contributed by atoms with Crippen LogP contribution in [0.2, 0.25) is 0 Å². The zero-order chi connectivity index (χ0) is 13.2. The number of hydrogen-bond acceptors (Lipinski definition) is 3. The predicted molar refractivity (Wildman–Crippen MR) is 78.6 cm³/mol. The number of benzene rings is 2. The molecule has 2 nitrogen and oxygen atoms in total. The first-order chi connectivity index (χ1) is 9.31. The molecule has 0 bridgehead atoms. The molecule has 3 heteroatoms. The summed E-state index contributed by atoms with van der Waals surface area (Å²) in [5, 5.41) is 6.02. The molecule has 0 radical (unpaired) electrons. The molecule has 3 aromatic rings. The van der Waals surface area contributed by atoms with Crippen LogP contribution in [0.1, 0.15) is 10.4 Å². The van der Waals surface area contributed by atoms with E-state index < -0.39 is 0 Å². The number of thiophene rings is 1. The molecule has 19 heavy (non-hydrogen) atoms. The van der Waals surface area contributed by atoms with E-state index in [2.05, 4.69) is 0 Å². The molecule has 0 saturated heterocycles. The van der Waals surface area contributed by atoms with E-state index >= 15 is 0 Å². The van der Waals surface area contributed by atoms with E-state index in [1.165, 1.54) is 7.11 Å². The Balaban J connectivity index is 2.36. The van der Waals surface area contributed by atoms with Crippen molar-refractivity contribution in [1.82, 2.24) is 0 Å². The van der Waals surface area contributed by atoms with Crippen LogP contribution in [0.4, 0.5) is 0 Å². The number of hydrogen-bond donors (Lipinski definition) is 0. The molecule has 3 rings (SSSR count). The van der Waals surface area contributed by atoms with E-state index in [0.717, 1.165) is 21.9 Å². The van der Waals surface area contributed by atoms with Crippen molar-refractivity contribution in [2.45, 2.75) is 0 Å². The fraction of sp³-hybridized carbons (Fsp3) is 0.0625. The van der Waals surface area contributed by atoms with Crippen LogP contribution in [-0.2, 0) is 4.74 Å². The zero-order valence-corrected chi connectivity index (χ0v) is 11.2. The highest BCUT2D eigenvalue weighted by Gasteiger charge is 2.17. The second-order valence-corrected chi connectivity index (χ2v) is 4.99. The van der Waals surface area contributed by atoms with E-state index in [1.807, 2.05) is 53.2 Å². The summed E-state index contributed by atoms with van der Waals surface area (Å²) in [6.45, 7) is 0. The average molecular weight is 268 g/mol. The monoisotopic (exact) mass is 268 g/mol. The Bertz CT molecular complexity index is 730. The van der Waals surface area contributed by atoms with Gasteiger partial charge in [-0.2, -0.15) is 11.3 Å². The lowest BCUT2D eigenvalue weighted by Crippen LogP contribution is -2.04. The molecule has 0 unspecified atom stereocenters. The zero-order valence-electron chi connectivity index (χ0n) is 10.4. The maximum Gasteiger partial charge on any atom is 0.339 e. The molecule has 1 aromatic heterocycles. The van der Waals surface area contributed by atoms with Gasteiger partial charge in [0.05, 0.1) is 12.7 Å². The Hall–Kier alpha value is -2.13. The van der Waals surface area contributed by atoms with Gasteiger partial charge in [0.1, 0.15) is 0 Å². The molecule has 0 aliphatic rings. The minimum Gasteiger partial charge on any atom is -0.465 e. The largest absolute Gasteiger partial charge is 0.465 e. The highest BCUT2D eigenvalue weighted by Crippen LogP contribution is 2.32. The van der Waals surface area contributed by atoms with Gasteiger partial charge in [-0.1, -0.05) is 36.4 Å². The SMILES string of the molecule is COC(=O)c1c(-c2ccsc2)ccc2ccccc12. The van der Waals surface area contributed by atoms with Gasteiger partial charge in [-0.15, -0.1) is 0 Å². The van der Waals surface area contributed by atoms with Crippen LogP contribution in [0.3, 0.4) is 0 Å². The fourth-order valence-corrected chi connectivity index (χ4v) is 2.91. The number of fused-ring (bicyclic) bond motifs is 1. The molecular formula is C16H12O2S. The minimum atomic E-state index is -0.294. The van der Waals surface area contributed by atoms with Gasteiger partial charge >= 0.3 is 5.97 Å². The molecule has 0 spiro atoms. The van der Waals surface area contributed by atoms with Gasteiger partial charge in [0, 0.05) is 0 Å². The molecule has 1 heterocycles. The van der Waals surface area contributed by atoms with Crippen molar-refractivity contribution in [3.63, 3.8) is 0 Å². The van der Waals surface area contributed by atoms with Crippen molar-refractivity contribution >= 4 is 28.1 Å². The first-order valence-electron chi connectivity index (χ1n) is 5.94. The van der Waals surface area contributed by atoms with Crippen LogP contribution in [0.25, 0.3) is 21.9 Å². The number of carbonyl (C=O) groups is 1. The Morgan fingerprint density at radius 1 is 1.11 bits per heavy atom. The average Bonchev–Trinajstić information content (AvgIpc) is 2.99. The number of esters is 1. The number of ether oxygens (including phenoxy) is 1. The van der Waals surface area contributed by atoms with Crippen molar-refractivity contribution < 1.29 is 9.53 Å². The topological polar surface area (TPSA) is 26.3 Å². The van der Waals surface area contributed by atoms with Crippen LogP contribution >= 0.6 is 11.3 Å². The summed E-state index contributed by atoms with van der Waals surface area (Å²) in [4.78, 5) is 12.1. The summed E-state index contributed by atoms with van der Waals surface area (Å²) >= 11 is 1.62. The van der Waals surface area contributed by atoms with E-state index in [4.69, 9.17) is 4.74 Å². The fourth-order valence-electron chi connectivity index (χ4n) is 2.25. The summed E-state index contributed by atoms with van der Waals surface area (Å²) < 4.78 is 4.95. The molecule has 2 aromatic carbocycles. The Labute approximate surface area is 115 Å². The molecule has 0 fully saturated rings. The smallest absolute Gasteiger partial charge is 0.339 e. The standard InChI is InChI=1S/C16H12O2S/c1-18-16(17)15-13-5-3-2-4-11(13)6-7-14(15)12-8-9-19-10-12/h2-10H,1H3. The third-order valence-corrected chi connectivity index (χ3v) is 3.83. The normalized spacial score (nSPS) is 10.6. The minimum absolute atomic E-state index is 0.294. The van der Waals surface area contributed by atoms with Crippen LogP contribution in [0, 0.1) is 0 Å². The van der Waals surface area contributed by atoms with Crippen molar-refractivity contribution in [2.24, 2.45) is 0 Å². The molecular weight excluding hydrogens is 256 g/mol. The Kier molecular flexibility index (Phi) is 3.05.